The lowest BCUT2D eigenvalue weighted by atomic mass is 9.79. The number of fused-ring (bicyclic) bond motifs is 2. The zero-order valence-corrected chi connectivity index (χ0v) is 17.9. The summed E-state index contributed by atoms with van der Waals surface area (Å²) < 4.78 is 5.19. The molecule has 0 unspecified atom stereocenters. The zero-order chi connectivity index (χ0) is 21.5. The second kappa shape index (κ2) is 7.76. The van der Waals surface area contributed by atoms with Crippen LogP contribution in [-0.2, 0) is 15.1 Å². The van der Waals surface area contributed by atoms with Crippen LogP contribution in [-0.4, -0.2) is 25.0 Å². The fourth-order valence-electron chi connectivity index (χ4n) is 4.80. The molecule has 3 N–H and O–H groups in total. The van der Waals surface area contributed by atoms with E-state index in [4.69, 9.17) is 4.74 Å². The number of ether oxygens (including phenoxy) is 1. The Balaban J connectivity index is 1.69. The normalized spacial score (nSPS) is 24.8. The minimum Gasteiger partial charge on any atom is -0.497 e. The van der Waals surface area contributed by atoms with Gasteiger partial charge in [0.25, 0.3) is 0 Å². The second-order valence-corrected chi connectivity index (χ2v) is 8.79. The van der Waals surface area contributed by atoms with Crippen LogP contribution in [0.5, 0.6) is 5.75 Å². The van der Waals surface area contributed by atoms with Gasteiger partial charge in [-0.2, -0.15) is 0 Å². The van der Waals surface area contributed by atoms with E-state index in [1.54, 1.807) is 19.2 Å². The van der Waals surface area contributed by atoms with Gasteiger partial charge in [-0.15, -0.1) is 0 Å². The predicted octanol–water partition coefficient (Wildman–Crippen LogP) is 3.81. The molecule has 6 nitrogen and oxygen atoms in total. The summed E-state index contributed by atoms with van der Waals surface area (Å²) in [5, 5.41) is 9.58. The number of hydrogen-bond donors (Lipinski definition) is 3. The number of hydrogen-bond acceptors (Lipinski definition) is 4. The summed E-state index contributed by atoms with van der Waals surface area (Å²) in [5.41, 5.74) is 2.36. The van der Waals surface area contributed by atoms with Crippen LogP contribution >= 0.6 is 0 Å². The smallest absolute Gasteiger partial charge is 0.250 e. The molecular formula is C24H29N3O3. The molecule has 0 aliphatic carbocycles. The number of carbonyl (C=O) groups excluding carboxylic acids is 2. The largest absolute Gasteiger partial charge is 0.497 e. The minimum atomic E-state index is -1.04. The van der Waals surface area contributed by atoms with Crippen molar-refractivity contribution in [3.05, 3.63) is 53.6 Å². The summed E-state index contributed by atoms with van der Waals surface area (Å²) in [6, 6.07) is 13.2. The number of anilines is 2. The summed E-state index contributed by atoms with van der Waals surface area (Å²) in [6.07, 6.45) is 1.52. The molecule has 0 radical (unpaired) electrons. The third-order valence-corrected chi connectivity index (χ3v) is 6.11. The summed E-state index contributed by atoms with van der Waals surface area (Å²) in [7, 11) is 1.61. The quantitative estimate of drug-likeness (QED) is 0.704. The van der Waals surface area contributed by atoms with Gasteiger partial charge in [-0.3, -0.25) is 14.9 Å². The molecule has 3 atom stereocenters. The van der Waals surface area contributed by atoms with E-state index in [2.05, 4.69) is 29.8 Å². The summed E-state index contributed by atoms with van der Waals surface area (Å²) in [4.78, 5) is 26.7. The highest BCUT2D eigenvalue weighted by molar-refractivity contribution is 6.10. The molecule has 6 heteroatoms. The van der Waals surface area contributed by atoms with Crippen molar-refractivity contribution in [3.8, 4) is 5.75 Å². The van der Waals surface area contributed by atoms with Crippen LogP contribution in [0.1, 0.15) is 37.8 Å². The van der Waals surface area contributed by atoms with Crippen molar-refractivity contribution in [2.45, 2.75) is 45.2 Å². The SMILES string of the molecule is COc1ccc(NC(=O)[C@@H]2C[C@@H](CC(C)C)N[C@]23C(=O)Nc2ccc(C)cc23)cc1. The molecule has 158 valence electrons. The minimum absolute atomic E-state index is 0.0915. The molecule has 2 aromatic carbocycles. The maximum atomic E-state index is 13.4. The van der Waals surface area contributed by atoms with Crippen LogP contribution in [0.4, 0.5) is 11.4 Å². The average molecular weight is 408 g/mol. The van der Waals surface area contributed by atoms with Crippen LogP contribution in [0.2, 0.25) is 0 Å². The topological polar surface area (TPSA) is 79.5 Å². The van der Waals surface area contributed by atoms with Crippen molar-refractivity contribution in [3.63, 3.8) is 0 Å². The van der Waals surface area contributed by atoms with E-state index < -0.39 is 11.5 Å². The highest BCUT2D eigenvalue weighted by atomic mass is 16.5. The number of rotatable bonds is 5. The molecule has 0 saturated carbocycles. The van der Waals surface area contributed by atoms with E-state index in [0.29, 0.717) is 18.0 Å². The zero-order valence-electron chi connectivity index (χ0n) is 17.9. The molecule has 4 rings (SSSR count). The van der Waals surface area contributed by atoms with E-state index in [9.17, 15) is 9.59 Å². The first-order valence-electron chi connectivity index (χ1n) is 10.5. The molecule has 2 heterocycles. The Kier molecular flexibility index (Phi) is 5.28. The van der Waals surface area contributed by atoms with Gasteiger partial charge in [-0.1, -0.05) is 31.5 Å². The predicted molar refractivity (Wildman–Crippen MR) is 118 cm³/mol. The Morgan fingerprint density at radius 3 is 2.63 bits per heavy atom. The fraction of sp³-hybridized carbons (Fsp3) is 0.417. The van der Waals surface area contributed by atoms with E-state index in [1.807, 2.05) is 37.3 Å². The van der Waals surface area contributed by atoms with Crippen molar-refractivity contribution in [1.82, 2.24) is 5.32 Å². The van der Waals surface area contributed by atoms with E-state index in [0.717, 1.165) is 29.0 Å². The number of benzene rings is 2. The number of aryl methyl sites for hydroxylation is 1. The van der Waals surface area contributed by atoms with Gasteiger partial charge in [-0.25, -0.2) is 0 Å². The lowest BCUT2D eigenvalue weighted by molar-refractivity contribution is -0.130. The van der Waals surface area contributed by atoms with Crippen molar-refractivity contribution in [2.24, 2.45) is 11.8 Å². The summed E-state index contributed by atoms with van der Waals surface area (Å²) >= 11 is 0. The van der Waals surface area contributed by atoms with Gasteiger partial charge < -0.3 is 15.4 Å². The van der Waals surface area contributed by atoms with Gasteiger partial charge in [0.1, 0.15) is 11.3 Å². The molecule has 0 aromatic heterocycles. The molecule has 1 fully saturated rings. The number of carbonyl (C=O) groups is 2. The molecule has 2 aromatic rings. The first-order valence-corrected chi connectivity index (χ1v) is 10.5. The van der Waals surface area contributed by atoms with Crippen LogP contribution in [0.3, 0.4) is 0 Å². The van der Waals surface area contributed by atoms with Crippen LogP contribution in [0, 0.1) is 18.8 Å². The lowest BCUT2D eigenvalue weighted by Crippen LogP contribution is -2.52. The summed E-state index contributed by atoms with van der Waals surface area (Å²) in [6.45, 7) is 6.32. The number of methoxy groups -OCH3 is 1. The van der Waals surface area contributed by atoms with Crippen LogP contribution in [0.15, 0.2) is 42.5 Å². The molecule has 30 heavy (non-hydrogen) atoms. The Morgan fingerprint density at radius 2 is 1.97 bits per heavy atom. The molecule has 1 saturated heterocycles. The number of amides is 2. The van der Waals surface area contributed by atoms with Crippen molar-refractivity contribution >= 4 is 23.2 Å². The first kappa shape index (κ1) is 20.4. The Hall–Kier alpha value is -2.86. The van der Waals surface area contributed by atoms with E-state index >= 15 is 0 Å². The molecule has 2 amide bonds. The van der Waals surface area contributed by atoms with Gasteiger partial charge >= 0.3 is 0 Å². The van der Waals surface area contributed by atoms with Crippen molar-refractivity contribution < 1.29 is 14.3 Å². The van der Waals surface area contributed by atoms with Crippen molar-refractivity contribution in [2.75, 3.05) is 17.7 Å². The Labute approximate surface area is 177 Å². The lowest BCUT2D eigenvalue weighted by Gasteiger charge is -2.29. The standard InChI is InChI=1S/C24H29N3O3/c1-14(2)11-17-13-20(22(28)25-16-6-8-18(30-4)9-7-16)24(27-17)19-12-15(3)5-10-21(19)26-23(24)29/h5-10,12,14,17,20,27H,11,13H2,1-4H3,(H,25,28)(H,26,29)/t17-,20+,24+/m1/s1. The monoisotopic (exact) mass is 407 g/mol. The Bertz CT molecular complexity index is 970. The summed E-state index contributed by atoms with van der Waals surface area (Å²) in [5.74, 6) is 0.382. The van der Waals surface area contributed by atoms with Crippen molar-refractivity contribution in [1.29, 1.82) is 0 Å². The molecule has 0 bridgehead atoms. The first-order chi connectivity index (χ1) is 14.3. The third kappa shape index (κ3) is 3.45. The molecule has 1 spiro atoms. The van der Waals surface area contributed by atoms with Crippen LogP contribution in [0.25, 0.3) is 0 Å². The highest BCUT2D eigenvalue weighted by Gasteiger charge is 2.60. The van der Waals surface area contributed by atoms with Crippen LogP contribution < -0.4 is 20.7 Å². The van der Waals surface area contributed by atoms with Gasteiger partial charge in [0.05, 0.1) is 13.0 Å². The maximum absolute atomic E-state index is 13.4. The van der Waals surface area contributed by atoms with E-state index in [-0.39, 0.29) is 17.9 Å². The third-order valence-electron chi connectivity index (χ3n) is 6.11. The molecule has 2 aliphatic rings. The average Bonchev–Trinajstić information content (AvgIpc) is 3.21. The second-order valence-electron chi connectivity index (χ2n) is 8.79. The van der Waals surface area contributed by atoms with Gasteiger partial charge in [0.2, 0.25) is 11.8 Å². The van der Waals surface area contributed by atoms with Gasteiger partial charge in [0, 0.05) is 23.0 Å². The number of nitrogens with one attached hydrogen (secondary N) is 3. The maximum Gasteiger partial charge on any atom is 0.250 e. The Morgan fingerprint density at radius 1 is 1.23 bits per heavy atom. The van der Waals surface area contributed by atoms with Gasteiger partial charge in [-0.05, 0) is 56.0 Å². The molecular weight excluding hydrogens is 378 g/mol. The van der Waals surface area contributed by atoms with E-state index in [1.165, 1.54) is 0 Å². The highest BCUT2D eigenvalue weighted by Crippen LogP contribution is 2.48. The molecule has 2 aliphatic heterocycles. The van der Waals surface area contributed by atoms with Gasteiger partial charge in [0.15, 0.2) is 0 Å². The fourth-order valence-corrected chi connectivity index (χ4v) is 4.80.